The van der Waals surface area contributed by atoms with Crippen molar-refractivity contribution in [2.45, 2.75) is 52.6 Å². The smallest absolute Gasteiger partial charge is 0.244 e. The molecule has 2 aliphatic rings. The predicted octanol–water partition coefficient (Wildman–Crippen LogP) is 1.44. The van der Waals surface area contributed by atoms with Gasteiger partial charge in [-0.2, -0.15) is 10.1 Å². The fourth-order valence-corrected chi connectivity index (χ4v) is 4.94. The standard InChI is InChI=1S/C22H33N7O3/c1-15(2)21(31)28-7-5-22(6-8-28)9-18(20-25-16(3)26-32-20)29(14-22)13-19(30)23-10-17-11-24-27(4)12-17/h11-12,15,18H,5-10,13-14H2,1-4H3,(H,23,30). The number of carbonyl (C=O) groups is 2. The molecule has 32 heavy (non-hydrogen) atoms. The molecule has 2 aromatic heterocycles. The van der Waals surface area contributed by atoms with Gasteiger partial charge in [0.2, 0.25) is 17.7 Å². The van der Waals surface area contributed by atoms with Crippen molar-refractivity contribution in [1.29, 1.82) is 0 Å². The van der Waals surface area contributed by atoms with Crippen LogP contribution in [0.1, 0.15) is 56.4 Å². The van der Waals surface area contributed by atoms with Crippen LogP contribution in [0, 0.1) is 18.3 Å². The molecule has 2 aliphatic heterocycles. The van der Waals surface area contributed by atoms with E-state index in [-0.39, 0.29) is 35.7 Å². The molecule has 0 aliphatic carbocycles. The Morgan fingerprint density at radius 1 is 1.31 bits per heavy atom. The molecule has 10 heteroatoms. The summed E-state index contributed by atoms with van der Waals surface area (Å²) in [6, 6.07) is -0.0901. The lowest BCUT2D eigenvalue weighted by molar-refractivity contribution is -0.136. The number of likely N-dealkylation sites (tertiary alicyclic amines) is 2. The normalized spacial score (nSPS) is 20.9. The van der Waals surface area contributed by atoms with E-state index < -0.39 is 0 Å². The zero-order valence-electron chi connectivity index (χ0n) is 19.4. The van der Waals surface area contributed by atoms with Crippen LogP contribution in [-0.2, 0) is 23.2 Å². The molecule has 0 bridgehead atoms. The molecule has 174 valence electrons. The first-order valence-corrected chi connectivity index (χ1v) is 11.3. The maximum Gasteiger partial charge on any atom is 0.244 e. The molecular weight excluding hydrogens is 410 g/mol. The molecule has 2 aromatic rings. The van der Waals surface area contributed by atoms with Crippen LogP contribution in [0.15, 0.2) is 16.9 Å². The van der Waals surface area contributed by atoms with Crippen LogP contribution in [0.2, 0.25) is 0 Å². The van der Waals surface area contributed by atoms with Crippen LogP contribution in [0.4, 0.5) is 0 Å². The van der Waals surface area contributed by atoms with Gasteiger partial charge in [-0.05, 0) is 31.6 Å². The van der Waals surface area contributed by atoms with Crippen molar-refractivity contribution in [3.05, 3.63) is 29.7 Å². The van der Waals surface area contributed by atoms with Crippen molar-refractivity contribution in [3.63, 3.8) is 0 Å². The van der Waals surface area contributed by atoms with E-state index >= 15 is 0 Å². The predicted molar refractivity (Wildman–Crippen MR) is 116 cm³/mol. The van der Waals surface area contributed by atoms with Crippen LogP contribution in [-0.4, -0.2) is 67.7 Å². The van der Waals surface area contributed by atoms with E-state index in [1.54, 1.807) is 17.8 Å². The fourth-order valence-electron chi connectivity index (χ4n) is 4.94. The maximum atomic E-state index is 12.7. The average molecular weight is 444 g/mol. The van der Waals surface area contributed by atoms with Crippen molar-refractivity contribution in [2.75, 3.05) is 26.2 Å². The van der Waals surface area contributed by atoms with Gasteiger partial charge in [0.05, 0.1) is 18.8 Å². The first-order chi connectivity index (χ1) is 15.2. The van der Waals surface area contributed by atoms with E-state index in [1.807, 2.05) is 32.0 Å². The summed E-state index contributed by atoms with van der Waals surface area (Å²) < 4.78 is 7.23. The quantitative estimate of drug-likeness (QED) is 0.719. The third-order valence-corrected chi connectivity index (χ3v) is 6.66. The second-order valence-corrected chi connectivity index (χ2v) is 9.58. The fraction of sp³-hybridized carbons (Fsp3) is 0.682. The Balaban J connectivity index is 1.42. The van der Waals surface area contributed by atoms with Crippen LogP contribution in [0.3, 0.4) is 0 Å². The van der Waals surface area contributed by atoms with Crippen LogP contribution >= 0.6 is 0 Å². The van der Waals surface area contributed by atoms with E-state index in [4.69, 9.17) is 4.52 Å². The van der Waals surface area contributed by atoms with Gasteiger partial charge >= 0.3 is 0 Å². The topological polar surface area (TPSA) is 109 Å². The van der Waals surface area contributed by atoms with E-state index in [2.05, 4.69) is 25.5 Å². The van der Waals surface area contributed by atoms with Gasteiger partial charge in [-0.25, -0.2) is 0 Å². The number of nitrogens with one attached hydrogen (secondary N) is 1. The van der Waals surface area contributed by atoms with Gasteiger partial charge in [0.15, 0.2) is 5.82 Å². The second-order valence-electron chi connectivity index (χ2n) is 9.58. The summed E-state index contributed by atoms with van der Waals surface area (Å²) in [6.07, 6.45) is 6.34. The van der Waals surface area contributed by atoms with E-state index in [0.29, 0.717) is 18.3 Å². The summed E-state index contributed by atoms with van der Waals surface area (Å²) in [5.41, 5.74) is 1.01. The molecule has 0 radical (unpaired) electrons. The van der Waals surface area contributed by atoms with Crippen LogP contribution in [0.25, 0.3) is 0 Å². The van der Waals surface area contributed by atoms with E-state index in [0.717, 1.165) is 44.5 Å². The highest BCUT2D eigenvalue weighted by atomic mass is 16.5. The minimum absolute atomic E-state index is 0.0155. The molecule has 1 atom stereocenters. The number of carbonyl (C=O) groups excluding carboxylic acids is 2. The third kappa shape index (κ3) is 4.85. The largest absolute Gasteiger partial charge is 0.351 e. The molecule has 2 saturated heterocycles. The highest BCUT2D eigenvalue weighted by molar-refractivity contribution is 5.78. The van der Waals surface area contributed by atoms with Crippen molar-refractivity contribution >= 4 is 11.8 Å². The molecule has 1 spiro atoms. The Morgan fingerprint density at radius 2 is 2.06 bits per heavy atom. The number of hydrogen-bond donors (Lipinski definition) is 1. The summed E-state index contributed by atoms with van der Waals surface area (Å²) in [6.45, 7) is 8.71. The average Bonchev–Trinajstić information content (AvgIpc) is 3.46. The molecule has 4 heterocycles. The van der Waals surface area contributed by atoms with Gasteiger partial charge in [-0.1, -0.05) is 19.0 Å². The minimum atomic E-state index is -0.0901. The van der Waals surface area contributed by atoms with E-state index in [1.165, 1.54) is 0 Å². The van der Waals surface area contributed by atoms with Crippen molar-refractivity contribution in [2.24, 2.45) is 18.4 Å². The van der Waals surface area contributed by atoms with Crippen LogP contribution in [0.5, 0.6) is 0 Å². The summed E-state index contributed by atoms with van der Waals surface area (Å²) >= 11 is 0. The van der Waals surface area contributed by atoms with E-state index in [9.17, 15) is 9.59 Å². The van der Waals surface area contributed by atoms with Crippen molar-refractivity contribution in [3.8, 4) is 0 Å². The lowest BCUT2D eigenvalue weighted by Crippen LogP contribution is -2.46. The zero-order valence-corrected chi connectivity index (χ0v) is 19.4. The number of aryl methyl sites for hydroxylation is 2. The zero-order chi connectivity index (χ0) is 22.9. The first-order valence-electron chi connectivity index (χ1n) is 11.3. The molecule has 1 N–H and O–H groups in total. The number of amides is 2. The minimum Gasteiger partial charge on any atom is -0.351 e. The number of nitrogens with zero attached hydrogens (tertiary/aromatic N) is 6. The number of aromatic nitrogens is 4. The SMILES string of the molecule is Cc1noc(C2CC3(CCN(C(=O)C(C)C)CC3)CN2CC(=O)NCc2cnn(C)c2)n1. The number of hydrogen-bond acceptors (Lipinski definition) is 7. The summed E-state index contributed by atoms with van der Waals surface area (Å²) in [5.74, 6) is 1.36. The third-order valence-electron chi connectivity index (χ3n) is 6.66. The highest BCUT2D eigenvalue weighted by Crippen LogP contribution is 2.48. The summed E-state index contributed by atoms with van der Waals surface area (Å²) in [4.78, 5) is 33.8. The van der Waals surface area contributed by atoms with Gasteiger partial charge in [0.1, 0.15) is 0 Å². The Kier molecular flexibility index (Phi) is 6.32. The molecule has 10 nitrogen and oxygen atoms in total. The maximum absolute atomic E-state index is 12.7. The molecule has 0 saturated carbocycles. The Labute approximate surface area is 188 Å². The number of piperidine rings is 1. The van der Waals surface area contributed by atoms with Gasteiger partial charge in [0, 0.05) is 50.9 Å². The lowest BCUT2D eigenvalue weighted by Gasteiger charge is -2.40. The summed E-state index contributed by atoms with van der Waals surface area (Å²) in [7, 11) is 1.85. The Morgan fingerprint density at radius 3 is 2.66 bits per heavy atom. The monoisotopic (exact) mass is 443 g/mol. The molecule has 2 fully saturated rings. The summed E-state index contributed by atoms with van der Waals surface area (Å²) in [5, 5.41) is 11.1. The van der Waals surface area contributed by atoms with Gasteiger partial charge < -0.3 is 14.7 Å². The molecule has 0 aromatic carbocycles. The highest BCUT2D eigenvalue weighted by Gasteiger charge is 2.48. The molecular formula is C22H33N7O3. The lowest BCUT2D eigenvalue weighted by atomic mass is 9.76. The van der Waals surface area contributed by atoms with Gasteiger partial charge in [-0.15, -0.1) is 0 Å². The number of rotatable bonds is 6. The van der Waals surface area contributed by atoms with Crippen LogP contribution < -0.4 is 5.32 Å². The van der Waals surface area contributed by atoms with Gasteiger partial charge in [0.25, 0.3) is 0 Å². The van der Waals surface area contributed by atoms with Crippen molar-refractivity contribution < 1.29 is 14.1 Å². The van der Waals surface area contributed by atoms with Crippen molar-refractivity contribution in [1.82, 2.24) is 35.0 Å². The molecule has 2 amide bonds. The van der Waals surface area contributed by atoms with Gasteiger partial charge in [-0.3, -0.25) is 19.2 Å². The molecule has 1 unspecified atom stereocenters. The first kappa shape index (κ1) is 22.4. The second kappa shape index (κ2) is 9.01. The Hall–Kier alpha value is -2.75. The molecule has 4 rings (SSSR count). The Bertz CT molecular complexity index is 958.